The number of hydrogen-bond acceptors (Lipinski definition) is 3. The molecule has 0 radical (unpaired) electrons. The minimum absolute atomic E-state index is 0.00464. The number of alkyl halides is 2. The Labute approximate surface area is 111 Å². The van der Waals surface area contributed by atoms with Crippen molar-refractivity contribution in [3.05, 3.63) is 23.4 Å². The molecule has 0 amide bonds. The van der Waals surface area contributed by atoms with Crippen molar-refractivity contribution in [3.63, 3.8) is 0 Å². The third-order valence-electron chi connectivity index (χ3n) is 3.80. The van der Waals surface area contributed by atoms with E-state index in [9.17, 15) is 13.6 Å². The number of ether oxygens (including phenoxy) is 1. The van der Waals surface area contributed by atoms with E-state index in [0.717, 1.165) is 32.0 Å². The molecule has 5 heteroatoms. The first-order chi connectivity index (χ1) is 9.17. The van der Waals surface area contributed by atoms with E-state index in [0.29, 0.717) is 5.56 Å². The Morgan fingerprint density at radius 2 is 2.05 bits per heavy atom. The van der Waals surface area contributed by atoms with Crippen LogP contribution in [0, 0.1) is 5.92 Å². The lowest BCUT2D eigenvalue weighted by atomic mass is 9.78. The molecule has 2 rings (SSSR count). The number of aldehydes is 1. The fraction of sp³-hybridized carbons (Fsp3) is 0.571. The van der Waals surface area contributed by atoms with Crippen LogP contribution in [0.2, 0.25) is 0 Å². The van der Waals surface area contributed by atoms with Crippen LogP contribution in [0.15, 0.2) is 12.3 Å². The molecule has 1 aliphatic carbocycles. The summed E-state index contributed by atoms with van der Waals surface area (Å²) in [6.07, 6.45) is 2.93. The molecule has 1 aromatic heterocycles. The second-order valence-corrected chi connectivity index (χ2v) is 4.87. The highest BCUT2D eigenvalue weighted by atomic mass is 19.3. The van der Waals surface area contributed by atoms with E-state index in [1.54, 1.807) is 6.07 Å². The van der Waals surface area contributed by atoms with E-state index >= 15 is 0 Å². The van der Waals surface area contributed by atoms with Crippen molar-refractivity contribution < 1.29 is 18.3 Å². The Kier molecular flexibility index (Phi) is 4.45. The van der Waals surface area contributed by atoms with Crippen molar-refractivity contribution in [2.75, 3.05) is 7.11 Å². The van der Waals surface area contributed by atoms with Gasteiger partial charge in [-0.3, -0.25) is 0 Å². The predicted octanol–water partition coefficient (Wildman–Crippen LogP) is 3.50. The van der Waals surface area contributed by atoms with Crippen LogP contribution in [0.3, 0.4) is 0 Å². The number of hydrogen-bond donors (Lipinski definition) is 0. The van der Waals surface area contributed by atoms with Crippen LogP contribution < -0.4 is 4.74 Å². The zero-order chi connectivity index (χ0) is 13.8. The van der Waals surface area contributed by atoms with Crippen molar-refractivity contribution in [2.24, 2.45) is 5.92 Å². The second kappa shape index (κ2) is 6.08. The fourth-order valence-electron chi connectivity index (χ4n) is 2.77. The van der Waals surface area contributed by atoms with Crippen LogP contribution in [0.1, 0.15) is 49.2 Å². The maximum Gasteiger partial charge on any atom is 0.269 e. The molecule has 1 aromatic rings. The molecule has 0 unspecified atom stereocenters. The first kappa shape index (κ1) is 13.9. The molecule has 3 nitrogen and oxygen atoms in total. The van der Waals surface area contributed by atoms with Crippen LogP contribution in [-0.4, -0.2) is 18.4 Å². The van der Waals surface area contributed by atoms with Gasteiger partial charge in [0.25, 0.3) is 6.43 Å². The maximum absolute atomic E-state index is 13.2. The lowest BCUT2D eigenvalue weighted by Crippen LogP contribution is -2.16. The minimum Gasteiger partial charge on any atom is -0.481 e. The normalized spacial score (nSPS) is 23.4. The number of pyridine rings is 1. The SMILES string of the molecule is COc1nccc(C2CCC(C=O)CC2)c1C(F)F. The Balaban J connectivity index is 2.27. The van der Waals surface area contributed by atoms with E-state index in [1.165, 1.54) is 13.3 Å². The van der Waals surface area contributed by atoms with Gasteiger partial charge in [-0.1, -0.05) is 0 Å². The summed E-state index contributed by atoms with van der Waals surface area (Å²) in [5, 5.41) is 0. The summed E-state index contributed by atoms with van der Waals surface area (Å²) >= 11 is 0. The van der Waals surface area contributed by atoms with E-state index < -0.39 is 6.43 Å². The van der Waals surface area contributed by atoms with Gasteiger partial charge in [0.05, 0.1) is 12.7 Å². The van der Waals surface area contributed by atoms with Gasteiger partial charge >= 0.3 is 0 Å². The van der Waals surface area contributed by atoms with Crippen LogP contribution in [0.25, 0.3) is 0 Å². The highest BCUT2D eigenvalue weighted by Crippen LogP contribution is 2.41. The highest BCUT2D eigenvalue weighted by Gasteiger charge is 2.28. The number of rotatable bonds is 4. The van der Waals surface area contributed by atoms with Gasteiger partial charge < -0.3 is 9.53 Å². The summed E-state index contributed by atoms with van der Waals surface area (Å²) in [6.45, 7) is 0. The molecular formula is C14H17F2NO2. The molecule has 1 heterocycles. The number of nitrogens with zero attached hydrogens (tertiary/aromatic N) is 1. The molecule has 19 heavy (non-hydrogen) atoms. The lowest BCUT2D eigenvalue weighted by Gasteiger charge is -2.27. The molecule has 1 aliphatic rings. The van der Waals surface area contributed by atoms with Gasteiger partial charge in [0.15, 0.2) is 0 Å². The third-order valence-corrected chi connectivity index (χ3v) is 3.80. The monoisotopic (exact) mass is 269 g/mol. The number of carbonyl (C=O) groups excluding carboxylic acids is 1. The molecule has 0 atom stereocenters. The molecule has 0 aliphatic heterocycles. The summed E-state index contributed by atoms with van der Waals surface area (Å²) < 4.78 is 31.3. The highest BCUT2D eigenvalue weighted by molar-refractivity contribution is 5.53. The third kappa shape index (κ3) is 2.91. The van der Waals surface area contributed by atoms with Crippen LogP contribution in [0.4, 0.5) is 8.78 Å². The largest absolute Gasteiger partial charge is 0.481 e. The molecule has 0 N–H and O–H groups in total. The molecule has 1 fully saturated rings. The summed E-state index contributed by atoms with van der Waals surface area (Å²) in [6, 6.07) is 1.65. The molecule has 0 spiro atoms. The topological polar surface area (TPSA) is 39.2 Å². The van der Waals surface area contributed by atoms with Gasteiger partial charge in [-0.25, -0.2) is 13.8 Å². The average molecular weight is 269 g/mol. The Morgan fingerprint density at radius 1 is 1.37 bits per heavy atom. The summed E-state index contributed by atoms with van der Waals surface area (Å²) in [5.74, 6) is 0.150. The van der Waals surface area contributed by atoms with E-state index in [4.69, 9.17) is 4.74 Å². The second-order valence-electron chi connectivity index (χ2n) is 4.87. The minimum atomic E-state index is -2.59. The summed E-state index contributed by atoms with van der Waals surface area (Å²) in [5.41, 5.74) is 0.519. The Hall–Kier alpha value is -1.52. The lowest BCUT2D eigenvalue weighted by molar-refractivity contribution is -0.111. The summed E-state index contributed by atoms with van der Waals surface area (Å²) in [4.78, 5) is 14.6. The number of aromatic nitrogens is 1. The van der Waals surface area contributed by atoms with E-state index in [1.807, 2.05) is 0 Å². The van der Waals surface area contributed by atoms with Crippen molar-refractivity contribution >= 4 is 6.29 Å². The summed E-state index contributed by atoms with van der Waals surface area (Å²) in [7, 11) is 1.35. The zero-order valence-electron chi connectivity index (χ0n) is 10.8. The van der Waals surface area contributed by atoms with Gasteiger partial charge in [-0.15, -0.1) is 0 Å². The van der Waals surface area contributed by atoms with Crippen molar-refractivity contribution in [1.82, 2.24) is 4.98 Å². The quantitative estimate of drug-likeness (QED) is 0.785. The van der Waals surface area contributed by atoms with Crippen molar-refractivity contribution in [3.8, 4) is 5.88 Å². The van der Waals surface area contributed by atoms with Gasteiger partial charge in [-0.05, 0) is 43.2 Å². The predicted molar refractivity (Wildman–Crippen MR) is 66.5 cm³/mol. The first-order valence-corrected chi connectivity index (χ1v) is 6.43. The molecule has 1 saturated carbocycles. The zero-order valence-corrected chi connectivity index (χ0v) is 10.8. The molecule has 0 saturated heterocycles. The number of carbonyl (C=O) groups is 1. The van der Waals surface area contributed by atoms with Gasteiger partial charge in [0, 0.05) is 12.1 Å². The van der Waals surface area contributed by atoms with Gasteiger partial charge in [0.2, 0.25) is 5.88 Å². The Morgan fingerprint density at radius 3 is 2.58 bits per heavy atom. The number of halogens is 2. The van der Waals surface area contributed by atoms with E-state index in [-0.39, 0.29) is 23.3 Å². The Bertz CT molecular complexity index is 443. The van der Waals surface area contributed by atoms with Crippen LogP contribution in [0.5, 0.6) is 5.88 Å². The molecule has 104 valence electrons. The van der Waals surface area contributed by atoms with Crippen molar-refractivity contribution in [1.29, 1.82) is 0 Å². The average Bonchev–Trinajstić information content (AvgIpc) is 2.46. The van der Waals surface area contributed by atoms with Crippen molar-refractivity contribution in [2.45, 2.75) is 38.0 Å². The van der Waals surface area contributed by atoms with Gasteiger partial charge in [0.1, 0.15) is 6.29 Å². The smallest absolute Gasteiger partial charge is 0.269 e. The first-order valence-electron chi connectivity index (χ1n) is 6.43. The maximum atomic E-state index is 13.2. The van der Waals surface area contributed by atoms with Crippen LogP contribution >= 0.6 is 0 Å². The fourth-order valence-corrected chi connectivity index (χ4v) is 2.77. The standard InChI is InChI=1S/C14H17F2NO2/c1-19-14-12(13(15)16)11(6-7-17-14)10-4-2-9(8-18)3-5-10/h6-10,13H,2-5H2,1H3. The molecule has 0 bridgehead atoms. The van der Waals surface area contributed by atoms with E-state index in [2.05, 4.69) is 4.98 Å². The molecular weight excluding hydrogens is 252 g/mol. The number of methoxy groups -OCH3 is 1. The van der Waals surface area contributed by atoms with Crippen LogP contribution in [-0.2, 0) is 4.79 Å². The van der Waals surface area contributed by atoms with Gasteiger partial charge in [-0.2, -0.15) is 0 Å². The molecule has 0 aromatic carbocycles.